The van der Waals surface area contributed by atoms with Crippen molar-refractivity contribution in [2.75, 3.05) is 6.61 Å². The van der Waals surface area contributed by atoms with Gasteiger partial charge in [-0.2, -0.15) is 5.26 Å². The molecule has 2 aromatic rings. The molecule has 0 aliphatic carbocycles. The van der Waals surface area contributed by atoms with Crippen LogP contribution in [0.15, 0.2) is 36.5 Å². The lowest BCUT2D eigenvalue weighted by molar-refractivity contribution is 0.111. The molecule has 0 aliphatic heterocycles. The van der Waals surface area contributed by atoms with Crippen LogP contribution in [-0.2, 0) is 0 Å². The van der Waals surface area contributed by atoms with Crippen LogP contribution >= 0.6 is 0 Å². The van der Waals surface area contributed by atoms with E-state index in [9.17, 15) is 5.11 Å². The number of fused-ring (bicyclic) bond motifs is 1. The topological polar surface area (TPSA) is 66.1 Å². The van der Waals surface area contributed by atoms with Gasteiger partial charge in [0.05, 0.1) is 18.0 Å². The third-order valence-electron chi connectivity index (χ3n) is 2.34. The molecule has 1 N–H and O–H groups in total. The van der Waals surface area contributed by atoms with E-state index in [2.05, 4.69) is 4.98 Å². The van der Waals surface area contributed by atoms with Crippen LogP contribution in [0.5, 0.6) is 5.75 Å². The van der Waals surface area contributed by atoms with Gasteiger partial charge in [0.1, 0.15) is 18.5 Å². The van der Waals surface area contributed by atoms with Gasteiger partial charge in [0, 0.05) is 11.6 Å². The van der Waals surface area contributed by atoms with Crippen molar-refractivity contribution in [2.45, 2.75) is 12.5 Å². The van der Waals surface area contributed by atoms with E-state index in [0.29, 0.717) is 5.75 Å². The molecule has 0 radical (unpaired) electrons. The minimum Gasteiger partial charge on any atom is -0.491 e. The summed E-state index contributed by atoms with van der Waals surface area (Å²) < 4.78 is 5.40. The Hall–Kier alpha value is -2.12. The van der Waals surface area contributed by atoms with Crippen molar-refractivity contribution < 1.29 is 9.84 Å². The molecule has 4 nitrogen and oxygen atoms in total. The average Bonchev–Trinajstić information content (AvgIpc) is 2.36. The van der Waals surface area contributed by atoms with Crippen LogP contribution in [0.4, 0.5) is 0 Å². The summed E-state index contributed by atoms with van der Waals surface area (Å²) >= 11 is 0. The molecule has 2 rings (SSSR count). The molecule has 1 atom stereocenters. The second-order valence-corrected chi connectivity index (χ2v) is 3.68. The molecule has 0 amide bonds. The Morgan fingerprint density at radius 3 is 3.12 bits per heavy atom. The van der Waals surface area contributed by atoms with Gasteiger partial charge in [0.15, 0.2) is 0 Å². The zero-order valence-electron chi connectivity index (χ0n) is 9.21. The van der Waals surface area contributed by atoms with Crippen molar-refractivity contribution in [1.29, 1.82) is 5.26 Å². The number of hydrogen-bond donors (Lipinski definition) is 1. The van der Waals surface area contributed by atoms with E-state index in [1.807, 2.05) is 30.3 Å². The molecule has 1 heterocycles. The van der Waals surface area contributed by atoms with Crippen molar-refractivity contribution >= 4 is 10.9 Å². The van der Waals surface area contributed by atoms with Gasteiger partial charge >= 0.3 is 0 Å². The van der Waals surface area contributed by atoms with Crippen molar-refractivity contribution in [3.05, 3.63) is 36.5 Å². The van der Waals surface area contributed by atoms with E-state index in [-0.39, 0.29) is 13.0 Å². The maximum absolute atomic E-state index is 9.36. The quantitative estimate of drug-likeness (QED) is 0.867. The van der Waals surface area contributed by atoms with Crippen LogP contribution in [0.1, 0.15) is 6.42 Å². The Morgan fingerprint density at radius 2 is 2.29 bits per heavy atom. The largest absolute Gasteiger partial charge is 0.491 e. The SMILES string of the molecule is N#CCC(O)COc1ccc2ncccc2c1. The Balaban J connectivity index is 2.07. The molecule has 0 aliphatic rings. The highest BCUT2D eigenvalue weighted by molar-refractivity contribution is 5.79. The van der Waals surface area contributed by atoms with E-state index >= 15 is 0 Å². The smallest absolute Gasteiger partial charge is 0.120 e. The fourth-order valence-electron chi connectivity index (χ4n) is 1.50. The number of nitriles is 1. The highest BCUT2D eigenvalue weighted by Crippen LogP contribution is 2.19. The maximum Gasteiger partial charge on any atom is 0.120 e. The van der Waals surface area contributed by atoms with Gasteiger partial charge in [0.2, 0.25) is 0 Å². The van der Waals surface area contributed by atoms with Gasteiger partial charge in [-0.15, -0.1) is 0 Å². The molecule has 0 spiro atoms. The van der Waals surface area contributed by atoms with Crippen molar-refractivity contribution in [3.63, 3.8) is 0 Å². The number of ether oxygens (including phenoxy) is 1. The van der Waals surface area contributed by atoms with Gasteiger partial charge in [-0.3, -0.25) is 4.98 Å². The number of pyridine rings is 1. The first-order valence-electron chi connectivity index (χ1n) is 5.32. The molecule has 4 heteroatoms. The van der Waals surface area contributed by atoms with E-state index in [1.165, 1.54) is 0 Å². The zero-order valence-corrected chi connectivity index (χ0v) is 9.21. The minimum absolute atomic E-state index is 0.0785. The lowest BCUT2D eigenvalue weighted by Crippen LogP contribution is -2.16. The number of hydrogen-bond acceptors (Lipinski definition) is 4. The highest BCUT2D eigenvalue weighted by atomic mass is 16.5. The monoisotopic (exact) mass is 228 g/mol. The summed E-state index contributed by atoms with van der Waals surface area (Å²) in [6.45, 7) is 0.124. The van der Waals surface area contributed by atoms with Crippen molar-refractivity contribution in [2.24, 2.45) is 0 Å². The summed E-state index contributed by atoms with van der Waals surface area (Å²) in [4.78, 5) is 4.20. The Bertz CT molecular complexity index is 548. The summed E-state index contributed by atoms with van der Waals surface area (Å²) in [5.41, 5.74) is 0.900. The third kappa shape index (κ3) is 2.92. The number of benzene rings is 1. The van der Waals surface area contributed by atoms with Crippen LogP contribution < -0.4 is 4.74 Å². The fourth-order valence-corrected chi connectivity index (χ4v) is 1.50. The van der Waals surface area contributed by atoms with Crippen LogP contribution in [-0.4, -0.2) is 22.8 Å². The molecule has 17 heavy (non-hydrogen) atoms. The molecular formula is C13H12N2O2. The molecule has 0 saturated carbocycles. The predicted molar refractivity (Wildman–Crippen MR) is 63.5 cm³/mol. The number of aromatic nitrogens is 1. The number of nitrogens with zero attached hydrogens (tertiary/aromatic N) is 2. The molecule has 1 aromatic heterocycles. The molecular weight excluding hydrogens is 216 g/mol. The van der Waals surface area contributed by atoms with Crippen LogP contribution in [0.25, 0.3) is 10.9 Å². The Kier molecular flexibility index (Phi) is 3.53. The molecule has 0 bridgehead atoms. The van der Waals surface area contributed by atoms with Gasteiger partial charge < -0.3 is 9.84 Å². The van der Waals surface area contributed by atoms with Crippen LogP contribution in [0.3, 0.4) is 0 Å². The maximum atomic E-state index is 9.36. The van der Waals surface area contributed by atoms with Gasteiger partial charge in [0.25, 0.3) is 0 Å². The van der Waals surface area contributed by atoms with Gasteiger partial charge in [-0.05, 0) is 24.3 Å². The summed E-state index contributed by atoms with van der Waals surface area (Å²) in [5, 5.41) is 18.8. The van der Waals surface area contributed by atoms with Gasteiger partial charge in [-0.1, -0.05) is 6.07 Å². The standard InChI is InChI=1S/C13H12N2O2/c14-6-5-11(16)9-17-12-3-4-13-10(8-12)2-1-7-15-13/h1-4,7-8,11,16H,5,9H2. The highest BCUT2D eigenvalue weighted by Gasteiger charge is 2.04. The number of aliphatic hydroxyl groups excluding tert-OH is 1. The summed E-state index contributed by atoms with van der Waals surface area (Å²) in [6.07, 6.45) is 1.07. The first-order chi connectivity index (χ1) is 8.29. The number of aliphatic hydroxyl groups is 1. The molecule has 1 unspecified atom stereocenters. The van der Waals surface area contributed by atoms with E-state index in [0.717, 1.165) is 10.9 Å². The van der Waals surface area contributed by atoms with Gasteiger partial charge in [-0.25, -0.2) is 0 Å². The van der Waals surface area contributed by atoms with Crippen molar-refractivity contribution in [3.8, 4) is 11.8 Å². The molecule has 0 saturated heterocycles. The minimum atomic E-state index is -0.746. The van der Waals surface area contributed by atoms with Crippen molar-refractivity contribution in [1.82, 2.24) is 4.98 Å². The first kappa shape index (κ1) is 11.4. The lowest BCUT2D eigenvalue weighted by Gasteiger charge is -2.09. The third-order valence-corrected chi connectivity index (χ3v) is 2.34. The second-order valence-electron chi connectivity index (χ2n) is 3.68. The fraction of sp³-hybridized carbons (Fsp3) is 0.231. The van der Waals surface area contributed by atoms with Crippen LogP contribution in [0, 0.1) is 11.3 Å². The molecule has 0 fully saturated rings. The van der Waals surface area contributed by atoms with E-state index < -0.39 is 6.10 Å². The zero-order chi connectivity index (χ0) is 12.1. The Labute approximate surface area is 99.1 Å². The van der Waals surface area contributed by atoms with E-state index in [4.69, 9.17) is 10.00 Å². The normalized spacial score (nSPS) is 12.0. The van der Waals surface area contributed by atoms with E-state index in [1.54, 1.807) is 12.3 Å². The summed E-state index contributed by atoms with van der Waals surface area (Å²) in [6, 6.07) is 11.2. The molecule has 86 valence electrons. The predicted octanol–water partition coefficient (Wildman–Crippen LogP) is 1.89. The lowest BCUT2D eigenvalue weighted by atomic mass is 10.2. The second kappa shape index (κ2) is 5.28. The first-order valence-corrected chi connectivity index (χ1v) is 5.32. The summed E-state index contributed by atoms with van der Waals surface area (Å²) in [5.74, 6) is 0.669. The average molecular weight is 228 g/mol. The van der Waals surface area contributed by atoms with Crippen LogP contribution in [0.2, 0.25) is 0 Å². The number of rotatable bonds is 4. The summed E-state index contributed by atoms with van der Waals surface area (Å²) in [7, 11) is 0. The molecule has 1 aromatic carbocycles. The Morgan fingerprint density at radius 1 is 1.41 bits per heavy atom.